The van der Waals surface area contributed by atoms with Gasteiger partial charge in [-0.25, -0.2) is 0 Å². The fraction of sp³-hybridized carbons (Fsp3) is 0.733. The predicted octanol–water partition coefficient (Wildman–Crippen LogP) is 1.13. The average molecular weight is 292 g/mol. The molecule has 116 valence electrons. The summed E-state index contributed by atoms with van der Waals surface area (Å²) in [4.78, 5) is 17.1. The average Bonchev–Trinajstić information content (AvgIpc) is 3.15. The van der Waals surface area contributed by atoms with E-state index in [0.29, 0.717) is 5.69 Å². The molecule has 0 bridgehead atoms. The number of H-pyrrole nitrogens is 1. The molecule has 1 amide bonds. The van der Waals surface area contributed by atoms with Crippen LogP contribution in [0.3, 0.4) is 0 Å². The molecular weight excluding hydrogens is 268 g/mol. The van der Waals surface area contributed by atoms with Crippen molar-refractivity contribution in [2.45, 2.75) is 31.2 Å². The van der Waals surface area contributed by atoms with Crippen molar-refractivity contribution in [2.24, 2.45) is 0 Å². The van der Waals surface area contributed by atoms with E-state index in [1.54, 1.807) is 19.4 Å². The molecule has 2 fully saturated rings. The van der Waals surface area contributed by atoms with Crippen molar-refractivity contribution in [3.63, 3.8) is 0 Å². The first-order valence-electron chi connectivity index (χ1n) is 7.78. The molecule has 3 heterocycles. The van der Waals surface area contributed by atoms with Crippen molar-refractivity contribution in [3.05, 3.63) is 18.0 Å². The summed E-state index contributed by atoms with van der Waals surface area (Å²) in [6.45, 7) is 4.51. The van der Waals surface area contributed by atoms with Gasteiger partial charge in [0.2, 0.25) is 0 Å². The van der Waals surface area contributed by atoms with E-state index in [4.69, 9.17) is 4.74 Å². The van der Waals surface area contributed by atoms with Crippen LogP contribution in [0.5, 0.6) is 0 Å². The zero-order chi connectivity index (χ0) is 14.7. The van der Waals surface area contributed by atoms with Gasteiger partial charge in [-0.05, 0) is 38.3 Å². The first kappa shape index (κ1) is 14.5. The van der Waals surface area contributed by atoms with Gasteiger partial charge in [0.05, 0.1) is 6.61 Å². The first-order valence-corrected chi connectivity index (χ1v) is 7.78. The zero-order valence-electron chi connectivity index (χ0n) is 12.7. The van der Waals surface area contributed by atoms with Crippen molar-refractivity contribution in [1.82, 2.24) is 20.0 Å². The van der Waals surface area contributed by atoms with Gasteiger partial charge in [0.15, 0.2) is 0 Å². The van der Waals surface area contributed by atoms with Crippen LogP contribution in [0.25, 0.3) is 0 Å². The number of rotatable bonds is 4. The molecule has 2 aliphatic heterocycles. The summed E-state index contributed by atoms with van der Waals surface area (Å²) >= 11 is 0. The smallest absolute Gasteiger partial charge is 0.271 e. The number of amides is 1. The summed E-state index contributed by atoms with van der Waals surface area (Å²) in [5.74, 6) is 0.0742. The topological polar surface area (TPSA) is 61.5 Å². The summed E-state index contributed by atoms with van der Waals surface area (Å²) in [6.07, 6.45) is 6.29. The first-order chi connectivity index (χ1) is 10.2. The maximum absolute atomic E-state index is 12.5. The Morgan fingerprint density at radius 2 is 2.24 bits per heavy atom. The third kappa shape index (κ3) is 2.82. The van der Waals surface area contributed by atoms with Crippen molar-refractivity contribution >= 4 is 5.91 Å². The summed E-state index contributed by atoms with van der Waals surface area (Å²) in [5.41, 5.74) is 0.750. The van der Waals surface area contributed by atoms with Gasteiger partial charge in [0, 0.05) is 38.5 Å². The molecular formula is C15H24N4O2. The second-order valence-electron chi connectivity index (χ2n) is 6.11. The number of aromatic nitrogens is 2. The molecule has 1 spiro atoms. The third-order valence-corrected chi connectivity index (χ3v) is 4.88. The van der Waals surface area contributed by atoms with Crippen LogP contribution in [0.2, 0.25) is 0 Å². The molecule has 2 aliphatic rings. The minimum atomic E-state index is 0.0742. The highest BCUT2D eigenvalue weighted by atomic mass is 16.5. The van der Waals surface area contributed by atoms with E-state index in [2.05, 4.69) is 15.1 Å². The van der Waals surface area contributed by atoms with E-state index in [9.17, 15) is 4.79 Å². The van der Waals surface area contributed by atoms with E-state index in [1.165, 1.54) is 19.3 Å². The van der Waals surface area contributed by atoms with Crippen molar-refractivity contribution in [1.29, 1.82) is 0 Å². The molecule has 6 nitrogen and oxygen atoms in total. The van der Waals surface area contributed by atoms with Crippen molar-refractivity contribution in [2.75, 3.05) is 39.9 Å². The summed E-state index contributed by atoms with van der Waals surface area (Å²) in [6, 6.07) is 1.75. The molecule has 0 saturated carbocycles. The number of piperidine rings is 1. The van der Waals surface area contributed by atoms with Gasteiger partial charge in [-0.2, -0.15) is 5.10 Å². The van der Waals surface area contributed by atoms with Gasteiger partial charge in [-0.1, -0.05) is 0 Å². The molecule has 21 heavy (non-hydrogen) atoms. The monoisotopic (exact) mass is 292 g/mol. The Morgan fingerprint density at radius 3 is 2.95 bits per heavy atom. The number of hydrogen-bond donors (Lipinski definition) is 1. The number of aromatic amines is 1. The zero-order valence-corrected chi connectivity index (χ0v) is 12.7. The number of carbonyl (C=O) groups is 1. The lowest BCUT2D eigenvalue weighted by atomic mass is 9.86. The maximum Gasteiger partial charge on any atom is 0.271 e. The largest absolute Gasteiger partial charge is 0.383 e. The number of likely N-dealkylation sites (tertiary alicyclic amines) is 2. The molecule has 0 aliphatic carbocycles. The van der Waals surface area contributed by atoms with E-state index in [0.717, 1.165) is 39.2 Å². The standard InChI is InChI=1S/C15H24N4O2/c1-21-11-10-19-9-3-6-15(19)5-2-8-18(12-15)14(20)13-4-7-16-17-13/h4,7H,2-3,5-6,8-12H2,1H3,(H,16,17). The van der Waals surface area contributed by atoms with Crippen LogP contribution in [-0.4, -0.2) is 71.3 Å². The van der Waals surface area contributed by atoms with Crippen LogP contribution >= 0.6 is 0 Å². The van der Waals surface area contributed by atoms with Crippen LogP contribution in [0.15, 0.2) is 12.3 Å². The Labute approximate surface area is 125 Å². The number of hydrogen-bond acceptors (Lipinski definition) is 4. The lowest BCUT2D eigenvalue weighted by Gasteiger charge is -2.46. The number of carbonyl (C=O) groups excluding carboxylic acids is 1. The second-order valence-corrected chi connectivity index (χ2v) is 6.11. The Bertz CT molecular complexity index is 476. The Hall–Kier alpha value is -1.40. The van der Waals surface area contributed by atoms with Gasteiger partial charge in [0.1, 0.15) is 5.69 Å². The minimum Gasteiger partial charge on any atom is -0.383 e. The third-order valence-electron chi connectivity index (χ3n) is 4.88. The molecule has 6 heteroatoms. The fourth-order valence-electron chi connectivity index (χ4n) is 3.84. The number of methoxy groups -OCH3 is 1. The van der Waals surface area contributed by atoms with Crippen LogP contribution in [0.4, 0.5) is 0 Å². The lowest BCUT2D eigenvalue weighted by molar-refractivity contribution is 0.0227. The normalized spacial score (nSPS) is 26.6. The molecule has 1 unspecified atom stereocenters. The van der Waals surface area contributed by atoms with E-state index in [-0.39, 0.29) is 11.4 Å². The Balaban J connectivity index is 1.71. The van der Waals surface area contributed by atoms with Crippen molar-refractivity contribution in [3.8, 4) is 0 Å². The van der Waals surface area contributed by atoms with Crippen LogP contribution in [0, 0.1) is 0 Å². The number of ether oxygens (including phenoxy) is 1. The Morgan fingerprint density at radius 1 is 1.43 bits per heavy atom. The van der Waals surface area contributed by atoms with Gasteiger partial charge >= 0.3 is 0 Å². The highest BCUT2D eigenvalue weighted by Gasteiger charge is 2.44. The summed E-state index contributed by atoms with van der Waals surface area (Å²) < 4.78 is 5.24. The molecule has 1 aromatic heterocycles. The van der Waals surface area contributed by atoms with Gasteiger partial charge in [-0.15, -0.1) is 0 Å². The van der Waals surface area contributed by atoms with E-state index >= 15 is 0 Å². The second kappa shape index (κ2) is 6.15. The molecule has 1 N–H and O–H groups in total. The number of nitrogens with zero attached hydrogens (tertiary/aromatic N) is 3. The molecule has 0 radical (unpaired) electrons. The van der Waals surface area contributed by atoms with Crippen LogP contribution < -0.4 is 0 Å². The lowest BCUT2D eigenvalue weighted by Crippen LogP contribution is -2.57. The molecule has 0 aromatic carbocycles. The maximum atomic E-state index is 12.5. The molecule has 2 saturated heterocycles. The fourth-order valence-corrected chi connectivity index (χ4v) is 3.84. The molecule has 3 rings (SSSR count). The molecule has 1 aromatic rings. The van der Waals surface area contributed by atoms with Gasteiger partial charge < -0.3 is 9.64 Å². The highest BCUT2D eigenvalue weighted by Crippen LogP contribution is 2.37. The van der Waals surface area contributed by atoms with Gasteiger partial charge in [0.25, 0.3) is 5.91 Å². The van der Waals surface area contributed by atoms with E-state index < -0.39 is 0 Å². The van der Waals surface area contributed by atoms with Crippen LogP contribution in [-0.2, 0) is 4.74 Å². The quantitative estimate of drug-likeness (QED) is 0.903. The van der Waals surface area contributed by atoms with E-state index in [1.807, 2.05) is 4.90 Å². The predicted molar refractivity (Wildman–Crippen MR) is 79.1 cm³/mol. The summed E-state index contributed by atoms with van der Waals surface area (Å²) in [7, 11) is 1.75. The van der Waals surface area contributed by atoms with Gasteiger partial charge in [-0.3, -0.25) is 14.8 Å². The summed E-state index contributed by atoms with van der Waals surface area (Å²) in [5, 5.41) is 6.67. The SMILES string of the molecule is COCCN1CCCC12CCCN(C(=O)c1ccn[nH]1)C2. The van der Waals surface area contributed by atoms with Crippen molar-refractivity contribution < 1.29 is 9.53 Å². The molecule has 1 atom stereocenters. The van der Waals surface area contributed by atoms with Crippen LogP contribution in [0.1, 0.15) is 36.2 Å². The Kier molecular flexibility index (Phi) is 4.26. The highest BCUT2D eigenvalue weighted by molar-refractivity contribution is 5.92. The minimum absolute atomic E-state index is 0.0742. The number of nitrogens with one attached hydrogen (secondary N) is 1.